The van der Waals surface area contributed by atoms with Gasteiger partial charge in [0.05, 0.1) is 4.90 Å². The minimum absolute atomic E-state index is 0.266. The van der Waals surface area contributed by atoms with E-state index >= 15 is 0 Å². The molecule has 0 amide bonds. The molecule has 3 nitrogen and oxygen atoms in total. The summed E-state index contributed by atoms with van der Waals surface area (Å²) in [6, 6.07) is 6.82. The zero-order chi connectivity index (χ0) is 13.2. The Balaban J connectivity index is 2.25. The molecule has 100 valence electrons. The molecule has 1 aromatic rings. The second kappa shape index (κ2) is 5.90. The molecule has 1 fully saturated rings. The number of alkyl halides is 1. The van der Waals surface area contributed by atoms with Crippen molar-refractivity contribution in [3.8, 4) is 0 Å². The van der Waals surface area contributed by atoms with E-state index in [1.165, 1.54) is 0 Å². The van der Waals surface area contributed by atoms with Gasteiger partial charge in [-0.2, -0.15) is 4.31 Å². The van der Waals surface area contributed by atoms with Gasteiger partial charge >= 0.3 is 0 Å². The standard InChI is InChI=1S/C12H15BrClNO2S/c13-11-4-1-5-12(7-11)18(16,17)15-6-2-3-10(8-14)9-15/h1,4-5,7,10H,2-3,6,8-9H2. The molecule has 1 atom stereocenters. The maximum atomic E-state index is 12.5. The van der Waals surface area contributed by atoms with E-state index in [1.807, 2.05) is 6.07 Å². The topological polar surface area (TPSA) is 37.4 Å². The molecule has 18 heavy (non-hydrogen) atoms. The largest absolute Gasteiger partial charge is 0.243 e. The van der Waals surface area contributed by atoms with Gasteiger partial charge in [-0.25, -0.2) is 8.42 Å². The predicted octanol–water partition coefficient (Wildman–Crippen LogP) is 3.09. The van der Waals surface area contributed by atoms with Crippen molar-refractivity contribution >= 4 is 37.6 Å². The van der Waals surface area contributed by atoms with Gasteiger partial charge in [0.2, 0.25) is 10.0 Å². The van der Waals surface area contributed by atoms with E-state index in [-0.39, 0.29) is 5.92 Å². The smallest absolute Gasteiger partial charge is 0.207 e. The van der Waals surface area contributed by atoms with Crippen LogP contribution in [0.25, 0.3) is 0 Å². The molecule has 1 saturated heterocycles. The van der Waals surface area contributed by atoms with Crippen molar-refractivity contribution in [1.29, 1.82) is 0 Å². The Kier molecular flexibility index (Phi) is 4.69. The second-order valence-corrected chi connectivity index (χ2v) is 7.65. The van der Waals surface area contributed by atoms with E-state index in [0.29, 0.717) is 23.9 Å². The van der Waals surface area contributed by atoms with Gasteiger partial charge in [-0.3, -0.25) is 0 Å². The van der Waals surface area contributed by atoms with E-state index in [0.717, 1.165) is 17.3 Å². The number of sulfonamides is 1. The molecule has 0 aromatic heterocycles. The summed E-state index contributed by atoms with van der Waals surface area (Å²) >= 11 is 9.14. The summed E-state index contributed by atoms with van der Waals surface area (Å²) in [6.45, 7) is 1.11. The van der Waals surface area contributed by atoms with Crippen LogP contribution in [0.4, 0.5) is 0 Å². The van der Waals surface area contributed by atoms with Gasteiger partial charge in [-0.15, -0.1) is 11.6 Å². The molecule has 1 aliphatic rings. The first kappa shape index (κ1) is 14.3. The van der Waals surface area contributed by atoms with Crippen molar-refractivity contribution in [2.24, 2.45) is 5.92 Å². The van der Waals surface area contributed by atoms with Crippen LogP contribution in [-0.4, -0.2) is 31.7 Å². The van der Waals surface area contributed by atoms with Crippen molar-refractivity contribution in [1.82, 2.24) is 4.31 Å². The van der Waals surface area contributed by atoms with Gasteiger partial charge in [-0.1, -0.05) is 22.0 Å². The Morgan fingerprint density at radius 2 is 2.22 bits per heavy atom. The minimum Gasteiger partial charge on any atom is -0.207 e. The lowest BCUT2D eigenvalue weighted by Crippen LogP contribution is -2.40. The van der Waals surface area contributed by atoms with E-state index in [2.05, 4.69) is 15.9 Å². The maximum absolute atomic E-state index is 12.5. The van der Waals surface area contributed by atoms with E-state index in [9.17, 15) is 8.42 Å². The van der Waals surface area contributed by atoms with Crippen molar-refractivity contribution in [2.45, 2.75) is 17.7 Å². The third-order valence-electron chi connectivity index (χ3n) is 3.13. The van der Waals surface area contributed by atoms with Crippen LogP contribution in [0, 0.1) is 5.92 Å². The van der Waals surface area contributed by atoms with E-state index in [1.54, 1.807) is 22.5 Å². The highest BCUT2D eigenvalue weighted by molar-refractivity contribution is 9.10. The van der Waals surface area contributed by atoms with Gasteiger partial charge in [0.25, 0.3) is 0 Å². The summed E-state index contributed by atoms with van der Waals surface area (Å²) in [6.07, 6.45) is 1.89. The Labute approximate surface area is 121 Å². The summed E-state index contributed by atoms with van der Waals surface area (Å²) in [4.78, 5) is 0.340. The Morgan fingerprint density at radius 1 is 1.44 bits per heavy atom. The van der Waals surface area contributed by atoms with Crippen LogP contribution in [-0.2, 0) is 10.0 Å². The fourth-order valence-electron chi connectivity index (χ4n) is 2.15. The molecule has 0 radical (unpaired) electrons. The third-order valence-corrected chi connectivity index (χ3v) is 5.92. The number of piperidine rings is 1. The average molecular weight is 353 g/mol. The van der Waals surface area contributed by atoms with Gasteiger partial charge in [0.1, 0.15) is 0 Å². The normalized spacial score (nSPS) is 22.0. The first-order valence-corrected chi connectivity index (χ1v) is 8.62. The Bertz CT molecular complexity index is 521. The highest BCUT2D eigenvalue weighted by atomic mass is 79.9. The monoisotopic (exact) mass is 351 g/mol. The molecule has 0 aliphatic carbocycles. The lowest BCUT2D eigenvalue weighted by atomic mass is 10.0. The zero-order valence-corrected chi connectivity index (χ0v) is 13.0. The predicted molar refractivity (Wildman–Crippen MR) is 76.3 cm³/mol. The van der Waals surface area contributed by atoms with Crippen molar-refractivity contribution in [3.05, 3.63) is 28.7 Å². The number of nitrogens with zero attached hydrogens (tertiary/aromatic N) is 1. The van der Waals surface area contributed by atoms with Crippen LogP contribution in [0.3, 0.4) is 0 Å². The summed E-state index contributed by atoms with van der Waals surface area (Å²) in [5.74, 6) is 0.784. The van der Waals surface area contributed by atoms with Crippen LogP contribution in [0.15, 0.2) is 33.6 Å². The second-order valence-electron chi connectivity index (χ2n) is 4.48. The zero-order valence-electron chi connectivity index (χ0n) is 9.85. The van der Waals surface area contributed by atoms with Gasteiger partial charge in [0, 0.05) is 23.4 Å². The highest BCUT2D eigenvalue weighted by Gasteiger charge is 2.29. The molecule has 1 aromatic carbocycles. The first-order valence-electron chi connectivity index (χ1n) is 5.85. The third kappa shape index (κ3) is 3.07. The number of hydrogen-bond donors (Lipinski definition) is 0. The molecule has 0 bridgehead atoms. The van der Waals surface area contributed by atoms with Crippen LogP contribution in [0.1, 0.15) is 12.8 Å². The Hall–Kier alpha value is -0.100. The van der Waals surface area contributed by atoms with Gasteiger partial charge in [0.15, 0.2) is 0 Å². The molecule has 1 aliphatic heterocycles. The fourth-order valence-corrected chi connectivity index (χ4v) is 4.55. The lowest BCUT2D eigenvalue weighted by Gasteiger charge is -2.30. The minimum atomic E-state index is -3.38. The molecule has 0 N–H and O–H groups in total. The maximum Gasteiger partial charge on any atom is 0.243 e. The van der Waals surface area contributed by atoms with Crippen molar-refractivity contribution in [2.75, 3.05) is 19.0 Å². The summed E-state index contributed by atoms with van der Waals surface area (Å²) < 4.78 is 27.2. The van der Waals surface area contributed by atoms with E-state index < -0.39 is 10.0 Å². The Morgan fingerprint density at radius 3 is 2.89 bits per heavy atom. The molecule has 0 saturated carbocycles. The fraction of sp³-hybridized carbons (Fsp3) is 0.500. The first-order chi connectivity index (χ1) is 8.54. The molecular formula is C12H15BrClNO2S. The van der Waals surface area contributed by atoms with Crippen molar-refractivity contribution in [3.63, 3.8) is 0 Å². The summed E-state index contributed by atoms with van der Waals surface area (Å²) in [7, 11) is -3.38. The van der Waals surface area contributed by atoms with Crippen LogP contribution in [0.2, 0.25) is 0 Å². The molecule has 2 rings (SSSR count). The highest BCUT2D eigenvalue weighted by Crippen LogP contribution is 2.25. The van der Waals surface area contributed by atoms with Crippen LogP contribution in [0.5, 0.6) is 0 Å². The van der Waals surface area contributed by atoms with Gasteiger partial charge < -0.3 is 0 Å². The van der Waals surface area contributed by atoms with Gasteiger partial charge in [-0.05, 0) is 37.0 Å². The molecule has 1 unspecified atom stereocenters. The van der Waals surface area contributed by atoms with E-state index in [4.69, 9.17) is 11.6 Å². The molecular weight excluding hydrogens is 338 g/mol. The molecule has 1 heterocycles. The number of rotatable bonds is 3. The SMILES string of the molecule is O=S(=O)(c1cccc(Br)c1)N1CCCC(CCl)C1. The number of benzene rings is 1. The van der Waals surface area contributed by atoms with Crippen LogP contribution >= 0.6 is 27.5 Å². The molecule has 0 spiro atoms. The summed E-state index contributed by atoms with van der Waals surface area (Å²) in [5, 5.41) is 0. The number of halogens is 2. The quantitative estimate of drug-likeness (QED) is 0.784. The lowest BCUT2D eigenvalue weighted by molar-refractivity contribution is 0.283. The summed E-state index contributed by atoms with van der Waals surface area (Å²) in [5.41, 5.74) is 0. The number of hydrogen-bond acceptors (Lipinski definition) is 2. The average Bonchev–Trinajstić information content (AvgIpc) is 2.39. The molecule has 6 heteroatoms. The van der Waals surface area contributed by atoms with Crippen LogP contribution < -0.4 is 0 Å². The van der Waals surface area contributed by atoms with Crippen molar-refractivity contribution < 1.29 is 8.42 Å².